The first-order valence-electron chi connectivity index (χ1n) is 9.87. The predicted octanol–water partition coefficient (Wildman–Crippen LogP) is 3.61. The molecule has 0 aliphatic heterocycles. The minimum Gasteiger partial charge on any atom is -0.494 e. The van der Waals surface area contributed by atoms with Crippen LogP contribution in [0.5, 0.6) is 5.75 Å². The van der Waals surface area contributed by atoms with Crippen molar-refractivity contribution in [2.24, 2.45) is 0 Å². The van der Waals surface area contributed by atoms with Crippen LogP contribution in [0.1, 0.15) is 54.6 Å². The summed E-state index contributed by atoms with van der Waals surface area (Å²) >= 11 is 0. The Kier molecular flexibility index (Phi) is 7.00. The first-order chi connectivity index (χ1) is 14.1. The Bertz CT molecular complexity index is 843. The fraction of sp³-hybridized carbons (Fsp3) is 0.348. The molecule has 6 heteroatoms. The molecule has 152 valence electrons. The standard InChI is InChI=1S/C23H25NO5/c1-2-28-19-12-8-16(9-13-19)20(25)14-15-21(26)29-22(17-6-4-3-5-7-17)23(27)24-18-10-11-18/h3-9,12-13,18,22H,2,10-11,14-15H2,1H3,(H,24,27)/t22-/m1/s1. The van der Waals surface area contributed by atoms with Crippen LogP contribution in [0.25, 0.3) is 0 Å². The topological polar surface area (TPSA) is 81.7 Å². The number of esters is 1. The molecule has 1 N–H and O–H groups in total. The molecule has 1 amide bonds. The third kappa shape index (κ3) is 6.17. The van der Waals surface area contributed by atoms with Gasteiger partial charge in [-0.15, -0.1) is 0 Å². The number of ketones is 1. The lowest BCUT2D eigenvalue weighted by molar-refractivity contribution is -0.156. The van der Waals surface area contributed by atoms with E-state index in [1.54, 1.807) is 48.5 Å². The molecule has 0 saturated heterocycles. The molecule has 0 aromatic heterocycles. The number of hydrogen-bond donors (Lipinski definition) is 1. The molecule has 1 atom stereocenters. The van der Waals surface area contributed by atoms with Crippen LogP contribution in [0.3, 0.4) is 0 Å². The van der Waals surface area contributed by atoms with Gasteiger partial charge in [0.2, 0.25) is 6.10 Å². The zero-order valence-electron chi connectivity index (χ0n) is 16.4. The molecule has 3 rings (SSSR count). The summed E-state index contributed by atoms with van der Waals surface area (Å²) in [4.78, 5) is 37.2. The summed E-state index contributed by atoms with van der Waals surface area (Å²) in [5.74, 6) is -0.381. The first kappa shape index (κ1) is 20.6. The molecule has 0 spiro atoms. The summed E-state index contributed by atoms with van der Waals surface area (Å²) in [7, 11) is 0. The van der Waals surface area contributed by atoms with Gasteiger partial charge in [0.05, 0.1) is 13.0 Å². The second-order valence-corrected chi connectivity index (χ2v) is 6.94. The maximum absolute atomic E-state index is 12.5. The van der Waals surface area contributed by atoms with E-state index in [4.69, 9.17) is 9.47 Å². The van der Waals surface area contributed by atoms with Crippen LogP contribution in [0.4, 0.5) is 0 Å². The van der Waals surface area contributed by atoms with Crippen LogP contribution in [0, 0.1) is 0 Å². The van der Waals surface area contributed by atoms with Gasteiger partial charge >= 0.3 is 5.97 Å². The summed E-state index contributed by atoms with van der Waals surface area (Å²) in [5, 5.41) is 2.87. The molecule has 0 bridgehead atoms. The number of hydrogen-bond acceptors (Lipinski definition) is 5. The largest absolute Gasteiger partial charge is 0.494 e. The zero-order valence-corrected chi connectivity index (χ0v) is 16.4. The molecule has 1 fully saturated rings. The van der Waals surface area contributed by atoms with Gasteiger partial charge < -0.3 is 14.8 Å². The van der Waals surface area contributed by atoms with Crippen LogP contribution < -0.4 is 10.1 Å². The Morgan fingerprint density at radius 2 is 1.69 bits per heavy atom. The van der Waals surface area contributed by atoms with E-state index in [1.165, 1.54) is 0 Å². The average molecular weight is 395 g/mol. The van der Waals surface area contributed by atoms with Crippen molar-refractivity contribution in [1.29, 1.82) is 0 Å². The molecule has 6 nitrogen and oxygen atoms in total. The number of amides is 1. The van der Waals surface area contributed by atoms with E-state index in [9.17, 15) is 14.4 Å². The zero-order chi connectivity index (χ0) is 20.6. The van der Waals surface area contributed by atoms with E-state index >= 15 is 0 Å². The van der Waals surface area contributed by atoms with E-state index in [0.717, 1.165) is 12.8 Å². The molecular weight excluding hydrogens is 370 g/mol. The fourth-order valence-electron chi connectivity index (χ4n) is 2.86. The highest BCUT2D eigenvalue weighted by Crippen LogP contribution is 2.24. The van der Waals surface area contributed by atoms with Crippen molar-refractivity contribution in [1.82, 2.24) is 5.32 Å². The Morgan fingerprint density at radius 3 is 2.31 bits per heavy atom. The maximum atomic E-state index is 12.5. The number of Topliss-reactive ketones (excluding diaryl/α,β-unsaturated/α-hetero) is 1. The lowest BCUT2D eigenvalue weighted by Gasteiger charge is -2.18. The summed E-state index contributed by atoms with van der Waals surface area (Å²) in [5.41, 5.74) is 1.11. The molecule has 0 heterocycles. The molecular formula is C23H25NO5. The minimum absolute atomic E-state index is 0.0125. The maximum Gasteiger partial charge on any atom is 0.307 e. The van der Waals surface area contributed by atoms with Gasteiger partial charge in [-0.25, -0.2) is 0 Å². The highest BCUT2D eigenvalue weighted by Gasteiger charge is 2.30. The number of benzene rings is 2. The number of rotatable bonds is 10. The molecule has 0 radical (unpaired) electrons. The molecule has 2 aromatic rings. The van der Waals surface area contributed by atoms with Crippen LogP contribution >= 0.6 is 0 Å². The van der Waals surface area contributed by atoms with E-state index in [-0.39, 0.29) is 30.6 Å². The van der Waals surface area contributed by atoms with Crippen molar-refractivity contribution >= 4 is 17.7 Å². The summed E-state index contributed by atoms with van der Waals surface area (Å²) in [6.07, 6.45) is 0.796. The van der Waals surface area contributed by atoms with E-state index in [1.807, 2.05) is 13.0 Å². The SMILES string of the molecule is CCOc1ccc(C(=O)CCC(=O)O[C@@H](C(=O)NC2CC2)c2ccccc2)cc1. The quantitative estimate of drug-likeness (QED) is 0.491. The van der Waals surface area contributed by atoms with Gasteiger partial charge in [0.25, 0.3) is 5.91 Å². The Balaban J connectivity index is 1.56. The molecule has 29 heavy (non-hydrogen) atoms. The Hall–Kier alpha value is -3.15. The second kappa shape index (κ2) is 9.87. The smallest absolute Gasteiger partial charge is 0.307 e. The average Bonchev–Trinajstić information content (AvgIpc) is 3.55. The van der Waals surface area contributed by atoms with Crippen molar-refractivity contribution in [3.8, 4) is 5.75 Å². The lowest BCUT2D eigenvalue weighted by Crippen LogP contribution is -2.33. The van der Waals surface area contributed by atoms with Crippen LogP contribution in [0.15, 0.2) is 54.6 Å². The molecule has 0 unspecified atom stereocenters. The van der Waals surface area contributed by atoms with Crippen molar-refractivity contribution < 1.29 is 23.9 Å². The highest BCUT2D eigenvalue weighted by atomic mass is 16.5. The summed E-state index contributed by atoms with van der Waals surface area (Å²) < 4.78 is 10.8. The summed E-state index contributed by atoms with van der Waals surface area (Å²) in [6.45, 7) is 2.44. The monoisotopic (exact) mass is 395 g/mol. The van der Waals surface area contributed by atoms with Gasteiger partial charge in [-0.1, -0.05) is 30.3 Å². The van der Waals surface area contributed by atoms with Crippen molar-refractivity contribution in [2.45, 2.75) is 44.8 Å². The predicted molar refractivity (Wildman–Crippen MR) is 108 cm³/mol. The van der Waals surface area contributed by atoms with Crippen LogP contribution in [-0.4, -0.2) is 30.3 Å². The van der Waals surface area contributed by atoms with Crippen LogP contribution in [-0.2, 0) is 14.3 Å². The number of carbonyl (C=O) groups is 3. The Labute approximate surface area is 170 Å². The molecule has 1 aliphatic rings. The van der Waals surface area contributed by atoms with Gasteiger partial charge in [0.1, 0.15) is 5.75 Å². The van der Waals surface area contributed by atoms with Crippen LogP contribution in [0.2, 0.25) is 0 Å². The second-order valence-electron chi connectivity index (χ2n) is 6.94. The minimum atomic E-state index is -1.01. The van der Waals surface area contributed by atoms with Gasteiger partial charge in [-0.2, -0.15) is 0 Å². The van der Waals surface area contributed by atoms with Crippen molar-refractivity contribution in [3.05, 3.63) is 65.7 Å². The molecule has 1 aliphatic carbocycles. The van der Waals surface area contributed by atoms with E-state index < -0.39 is 12.1 Å². The van der Waals surface area contributed by atoms with E-state index in [2.05, 4.69) is 5.32 Å². The third-order valence-electron chi connectivity index (χ3n) is 4.56. The van der Waals surface area contributed by atoms with E-state index in [0.29, 0.717) is 23.5 Å². The van der Waals surface area contributed by atoms with Gasteiger partial charge in [0, 0.05) is 23.6 Å². The fourth-order valence-corrected chi connectivity index (χ4v) is 2.86. The number of carbonyl (C=O) groups excluding carboxylic acids is 3. The Morgan fingerprint density at radius 1 is 1.00 bits per heavy atom. The van der Waals surface area contributed by atoms with Crippen molar-refractivity contribution in [2.75, 3.05) is 6.61 Å². The van der Waals surface area contributed by atoms with Gasteiger partial charge in [-0.3, -0.25) is 14.4 Å². The van der Waals surface area contributed by atoms with Gasteiger partial charge in [0.15, 0.2) is 5.78 Å². The summed E-state index contributed by atoms with van der Waals surface area (Å²) in [6, 6.07) is 15.9. The highest BCUT2D eigenvalue weighted by molar-refractivity contribution is 5.97. The number of nitrogens with one attached hydrogen (secondary N) is 1. The van der Waals surface area contributed by atoms with Crippen molar-refractivity contribution in [3.63, 3.8) is 0 Å². The van der Waals surface area contributed by atoms with Gasteiger partial charge in [-0.05, 0) is 44.0 Å². The normalized spacial score (nSPS) is 14.0. The molecule has 2 aromatic carbocycles. The lowest BCUT2D eigenvalue weighted by atomic mass is 10.1. The molecule has 1 saturated carbocycles. The third-order valence-corrected chi connectivity index (χ3v) is 4.56. The first-order valence-corrected chi connectivity index (χ1v) is 9.87. The number of ether oxygens (including phenoxy) is 2.